The lowest BCUT2D eigenvalue weighted by molar-refractivity contribution is 0.00578. The molecule has 0 amide bonds. The van der Waals surface area contributed by atoms with Crippen LogP contribution < -0.4 is 10.8 Å². The Labute approximate surface area is 139 Å². The minimum atomic E-state index is -0.328. The van der Waals surface area contributed by atoms with E-state index >= 15 is 0 Å². The summed E-state index contributed by atoms with van der Waals surface area (Å²) in [6.07, 6.45) is 6.50. The smallest absolute Gasteiger partial charge is 0.399 e. The van der Waals surface area contributed by atoms with Crippen molar-refractivity contribution in [3.05, 3.63) is 24.0 Å². The van der Waals surface area contributed by atoms with Gasteiger partial charge >= 0.3 is 7.12 Å². The molecular formula is C16H26BClN2O2. The number of nitrogens with zero attached hydrogens (tertiary/aromatic N) is 1. The zero-order chi connectivity index (χ0) is 15.1. The van der Waals surface area contributed by atoms with Crippen LogP contribution in [0, 0.1) is 5.92 Å². The molecule has 0 unspecified atom stereocenters. The molecule has 1 saturated heterocycles. The second-order valence-electron chi connectivity index (χ2n) is 7.29. The van der Waals surface area contributed by atoms with Crippen molar-refractivity contribution in [3.63, 3.8) is 0 Å². The van der Waals surface area contributed by atoms with Crippen LogP contribution >= 0.6 is 12.4 Å². The fraction of sp³-hybridized carbons (Fsp3) is 0.688. The van der Waals surface area contributed by atoms with Gasteiger partial charge in [-0.3, -0.25) is 4.98 Å². The van der Waals surface area contributed by atoms with Gasteiger partial charge in [0.2, 0.25) is 0 Å². The van der Waals surface area contributed by atoms with Gasteiger partial charge < -0.3 is 14.6 Å². The van der Waals surface area contributed by atoms with Crippen molar-refractivity contribution in [3.8, 4) is 0 Å². The Kier molecular flexibility index (Phi) is 5.22. The first-order chi connectivity index (χ1) is 9.87. The van der Waals surface area contributed by atoms with Crippen LogP contribution in [0.25, 0.3) is 0 Å². The highest BCUT2D eigenvalue weighted by Gasteiger charge is 2.51. The fourth-order valence-electron chi connectivity index (χ4n) is 2.46. The average molecular weight is 325 g/mol. The molecule has 1 saturated carbocycles. The van der Waals surface area contributed by atoms with E-state index in [0.717, 1.165) is 24.5 Å². The van der Waals surface area contributed by atoms with Crippen molar-refractivity contribution in [2.24, 2.45) is 5.92 Å². The zero-order valence-electron chi connectivity index (χ0n) is 13.9. The van der Waals surface area contributed by atoms with E-state index in [1.165, 1.54) is 18.4 Å². The number of aromatic nitrogens is 1. The van der Waals surface area contributed by atoms with Crippen molar-refractivity contribution >= 4 is 25.0 Å². The van der Waals surface area contributed by atoms with Crippen LogP contribution in [-0.4, -0.2) is 29.8 Å². The molecule has 22 heavy (non-hydrogen) atoms. The van der Waals surface area contributed by atoms with Crippen LogP contribution in [0.1, 0.15) is 46.1 Å². The van der Waals surface area contributed by atoms with Crippen LogP contribution in [0.4, 0.5) is 0 Å². The topological polar surface area (TPSA) is 43.4 Å². The molecule has 4 nitrogen and oxygen atoms in total. The summed E-state index contributed by atoms with van der Waals surface area (Å²) in [4.78, 5) is 4.34. The third-order valence-corrected chi connectivity index (χ3v) is 4.80. The summed E-state index contributed by atoms with van der Waals surface area (Å²) in [6.45, 7) is 10.3. The van der Waals surface area contributed by atoms with Crippen molar-refractivity contribution in [1.29, 1.82) is 0 Å². The van der Waals surface area contributed by atoms with Gasteiger partial charge in [0.15, 0.2) is 0 Å². The number of hydrogen-bond acceptors (Lipinski definition) is 4. The van der Waals surface area contributed by atoms with Crippen LogP contribution in [0.3, 0.4) is 0 Å². The SMILES string of the molecule is CC1(C)OB(c2cncc(CNCC3CC3)c2)OC1(C)C.Cl. The van der Waals surface area contributed by atoms with Crippen molar-refractivity contribution in [2.75, 3.05) is 6.54 Å². The van der Waals surface area contributed by atoms with Gasteiger partial charge in [0.25, 0.3) is 0 Å². The Morgan fingerprint density at radius 1 is 1.18 bits per heavy atom. The van der Waals surface area contributed by atoms with Crippen LogP contribution in [0.15, 0.2) is 18.5 Å². The van der Waals surface area contributed by atoms with E-state index in [4.69, 9.17) is 9.31 Å². The third-order valence-electron chi connectivity index (χ3n) is 4.80. The first kappa shape index (κ1) is 17.7. The van der Waals surface area contributed by atoms with Crippen LogP contribution in [-0.2, 0) is 15.9 Å². The lowest BCUT2D eigenvalue weighted by atomic mass is 9.80. The standard InChI is InChI=1S/C16H25BN2O2.ClH/c1-15(2)16(3,4)21-17(20-15)14-7-13(10-19-11-14)9-18-8-12-5-6-12;/h7,10-12,18H,5-6,8-9H2,1-4H3;1H. The van der Waals surface area contributed by atoms with Crippen LogP contribution in [0.2, 0.25) is 0 Å². The molecule has 2 fully saturated rings. The van der Waals surface area contributed by atoms with E-state index < -0.39 is 0 Å². The number of hydrogen-bond donors (Lipinski definition) is 1. The fourth-order valence-corrected chi connectivity index (χ4v) is 2.46. The predicted octanol–water partition coefficient (Wildman–Crippen LogP) is 2.30. The van der Waals surface area contributed by atoms with Crippen molar-refractivity contribution in [2.45, 2.75) is 58.3 Å². The highest BCUT2D eigenvalue weighted by Crippen LogP contribution is 2.36. The molecule has 1 N–H and O–H groups in total. The molecule has 0 spiro atoms. The third kappa shape index (κ3) is 3.83. The van der Waals surface area contributed by atoms with Crippen molar-refractivity contribution in [1.82, 2.24) is 10.3 Å². The predicted molar refractivity (Wildman–Crippen MR) is 91.6 cm³/mol. The minimum Gasteiger partial charge on any atom is -0.399 e. The van der Waals surface area contributed by atoms with Gasteiger partial charge in [-0.2, -0.15) is 0 Å². The first-order valence-electron chi connectivity index (χ1n) is 7.87. The Hall–Kier alpha value is -0.615. The summed E-state index contributed by atoms with van der Waals surface area (Å²) in [5.41, 5.74) is 1.57. The summed E-state index contributed by atoms with van der Waals surface area (Å²) >= 11 is 0. The molecule has 0 bridgehead atoms. The molecular weight excluding hydrogens is 298 g/mol. The molecule has 1 aliphatic carbocycles. The van der Waals surface area contributed by atoms with E-state index in [1.807, 2.05) is 12.4 Å². The Bertz CT molecular complexity index is 505. The molecule has 2 heterocycles. The van der Waals surface area contributed by atoms with E-state index in [0.29, 0.717) is 0 Å². The maximum atomic E-state index is 6.08. The molecule has 6 heteroatoms. The second-order valence-corrected chi connectivity index (χ2v) is 7.29. The van der Waals surface area contributed by atoms with Gasteiger partial charge in [0, 0.05) is 24.4 Å². The highest BCUT2D eigenvalue weighted by molar-refractivity contribution is 6.62. The molecule has 3 rings (SSSR count). The normalized spacial score (nSPS) is 22.5. The van der Waals surface area contributed by atoms with E-state index in [1.54, 1.807) is 0 Å². The summed E-state index contributed by atoms with van der Waals surface area (Å²) < 4.78 is 12.2. The number of pyridine rings is 1. The Morgan fingerprint density at radius 3 is 2.41 bits per heavy atom. The molecule has 1 aliphatic heterocycles. The van der Waals surface area contributed by atoms with E-state index in [2.05, 4.69) is 44.1 Å². The van der Waals surface area contributed by atoms with Gasteiger partial charge in [0.1, 0.15) is 0 Å². The molecule has 122 valence electrons. The van der Waals surface area contributed by atoms with E-state index in [-0.39, 0.29) is 30.7 Å². The zero-order valence-corrected chi connectivity index (χ0v) is 14.7. The lowest BCUT2D eigenvalue weighted by Gasteiger charge is -2.32. The largest absolute Gasteiger partial charge is 0.496 e. The quantitative estimate of drug-likeness (QED) is 0.844. The molecule has 1 aromatic heterocycles. The number of rotatable bonds is 5. The lowest BCUT2D eigenvalue weighted by Crippen LogP contribution is -2.41. The molecule has 0 radical (unpaired) electrons. The number of halogens is 1. The summed E-state index contributed by atoms with van der Waals surface area (Å²) in [7, 11) is -0.328. The monoisotopic (exact) mass is 324 g/mol. The van der Waals surface area contributed by atoms with Gasteiger partial charge in [0.05, 0.1) is 11.2 Å². The number of nitrogens with one attached hydrogen (secondary N) is 1. The Morgan fingerprint density at radius 2 is 1.82 bits per heavy atom. The minimum absolute atomic E-state index is 0. The summed E-state index contributed by atoms with van der Waals surface area (Å²) in [6, 6.07) is 2.13. The molecule has 0 atom stereocenters. The summed E-state index contributed by atoms with van der Waals surface area (Å²) in [5, 5.41) is 3.49. The van der Waals surface area contributed by atoms with Gasteiger partial charge in [-0.1, -0.05) is 6.07 Å². The highest BCUT2D eigenvalue weighted by atomic mass is 35.5. The summed E-state index contributed by atoms with van der Waals surface area (Å²) in [5.74, 6) is 0.893. The van der Waals surface area contributed by atoms with Crippen LogP contribution in [0.5, 0.6) is 0 Å². The average Bonchev–Trinajstić information content (AvgIpc) is 3.18. The van der Waals surface area contributed by atoms with E-state index in [9.17, 15) is 0 Å². The van der Waals surface area contributed by atoms with Crippen molar-refractivity contribution < 1.29 is 9.31 Å². The first-order valence-corrected chi connectivity index (χ1v) is 7.87. The second kappa shape index (κ2) is 6.48. The van der Waals surface area contributed by atoms with Gasteiger partial charge in [-0.15, -0.1) is 12.4 Å². The molecule has 2 aliphatic rings. The van der Waals surface area contributed by atoms with Gasteiger partial charge in [-0.05, 0) is 58.6 Å². The molecule has 1 aromatic rings. The maximum absolute atomic E-state index is 6.08. The van der Waals surface area contributed by atoms with Gasteiger partial charge in [-0.25, -0.2) is 0 Å². The maximum Gasteiger partial charge on any atom is 0.496 e. The molecule has 0 aromatic carbocycles. The Balaban J connectivity index is 0.00000176.